The fraction of sp³-hybridized carbons (Fsp3) is 0.455. The molecule has 29 heavy (non-hydrogen) atoms. The van der Waals surface area contributed by atoms with E-state index in [-0.39, 0.29) is 18.5 Å². The maximum Gasteiger partial charge on any atom is 0.322 e. The third kappa shape index (κ3) is 5.79. The molecule has 0 unspecified atom stereocenters. The number of amides is 3. The van der Waals surface area contributed by atoms with Crippen molar-refractivity contribution in [3.8, 4) is 0 Å². The molecule has 1 aliphatic carbocycles. The third-order valence-corrected chi connectivity index (χ3v) is 5.88. The number of hydrogen-bond acceptors (Lipinski definition) is 3. The van der Waals surface area contributed by atoms with Gasteiger partial charge >= 0.3 is 6.03 Å². The number of nitrogens with one attached hydrogen (secondary N) is 1. The molecule has 0 atom stereocenters. The molecule has 156 valence electrons. The summed E-state index contributed by atoms with van der Waals surface area (Å²) in [5.74, 6) is 0.00929. The highest BCUT2D eigenvalue weighted by atomic mass is 32.2. The van der Waals surface area contributed by atoms with Crippen LogP contribution in [0.3, 0.4) is 0 Å². The summed E-state index contributed by atoms with van der Waals surface area (Å²) in [6.07, 6.45) is 6.89. The Hall–Kier alpha value is -2.41. The number of thioether (sulfide) groups is 1. The van der Waals surface area contributed by atoms with Gasteiger partial charge < -0.3 is 19.7 Å². The summed E-state index contributed by atoms with van der Waals surface area (Å²) in [5, 5.41) is 2.92. The number of anilines is 1. The van der Waals surface area contributed by atoms with Crippen molar-refractivity contribution < 1.29 is 9.59 Å². The number of rotatable bonds is 9. The lowest BCUT2D eigenvalue weighted by Crippen LogP contribution is -2.45. The van der Waals surface area contributed by atoms with Gasteiger partial charge in [-0.1, -0.05) is 6.92 Å². The van der Waals surface area contributed by atoms with E-state index in [1.54, 1.807) is 16.7 Å². The fourth-order valence-corrected chi connectivity index (χ4v) is 3.70. The Kier molecular flexibility index (Phi) is 7.25. The van der Waals surface area contributed by atoms with Crippen LogP contribution in [-0.2, 0) is 18.4 Å². The Morgan fingerprint density at radius 1 is 1.21 bits per heavy atom. The lowest BCUT2D eigenvalue weighted by atomic mass is 10.3. The molecule has 1 heterocycles. The molecular weight excluding hydrogens is 384 g/mol. The van der Waals surface area contributed by atoms with E-state index < -0.39 is 0 Å². The average molecular weight is 415 g/mol. The molecule has 3 amide bonds. The Labute approximate surface area is 177 Å². The molecule has 0 saturated heterocycles. The van der Waals surface area contributed by atoms with Gasteiger partial charge in [0.1, 0.15) is 6.54 Å². The second-order valence-electron chi connectivity index (χ2n) is 7.44. The van der Waals surface area contributed by atoms with Crippen molar-refractivity contribution in [2.75, 3.05) is 24.7 Å². The SMILES string of the molecule is CCCN(CC(=O)N(Cc1cccn1C)C1CC1)C(=O)Nc1ccc(SC)cc1. The van der Waals surface area contributed by atoms with Crippen LogP contribution in [0.1, 0.15) is 31.9 Å². The minimum atomic E-state index is -0.230. The van der Waals surface area contributed by atoms with E-state index >= 15 is 0 Å². The van der Waals surface area contributed by atoms with Gasteiger partial charge in [-0.15, -0.1) is 11.8 Å². The molecule has 0 aliphatic heterocycles. The molecule has 1 N–H and O–H groups in total. The minimum Gasteiger partial charge on any atom is -0.353 e. The maximum absolute atomic E-state index is 13.1. The lowest BCUT2D eigenvalue weighted by Gasteiger charge is -2.28. The predicted octanol–water partition coefficient (Wildman–Crippen LogP) is 4.18. The first-order valence-electron chi connectivity index (χ1n) is 10.1. The molecule has 6 nitrogen and oxygen atoms in total. The van der Waals surface area contributed by atoms with Gasteiger partial charge in [0.05, 0.1) is 6.54 Å². The zero-order valence-corrected chi connectivity index (χ0v) is 18.2. The number of nitrogens with zero attached hydrogens (tertiary/aromatic N) is 3. The molecule has 1 fully saturated rings. The molecule has 3 rings (SSSR count). The summed E-state index contributed by atoms with van der Waals surface area (Å²) in [6.45, 7) is 3.25. The van der Waals surface area contributed by atoms with Crippen molar-refractivity contribution in [2.45, 2.75) is 43.7 Å². The van der Waals surface area contributed by atoms with E-state index in [1.165, 1.54) is 0 Å². The highest BCUT2D eigenvalue weighted by Gasteiger charge is 2.34. The van der Waals surface area contributed by atoms with Crippen LogP contribution >= 0.6 is 11.8 Å². The summed E-state index contributed by atoms with van der Waals surface area (Å²) >= 11 is 1.66. The number of urea groups is 1. The average Bonchev–Trinajstić information content (AvgIpc) is 3.48. The second-order valence-corrected chi connectivity index (χ2v) is 8.32. The second kappa shape index (κ2) is 9.87. The van der Waals surface area contributed by atoms with Crippen molar-refractivity contribution in [1.82, 2.24) is 14.4 Å². The van der Waals surface area contributed by atoms with Crippen molar-refractivity contribution >= 4 is 29.4 Å². The highest BCUT2D eigenvalue weighted by Crippen LogP contribution is 2.28. The fourth-order valence-electron chi connectivity index (χ4n) is 3.30. The first-order valence-corrected chi connectivity index (χ1v) is 11.3. The topological polar surface area (TPSA) is 57.6 Å². The smallest absolute Gasteiger partial charge is 0.322 e. The molecule has 2 aromatic rings. The van der Waals surface area contributed by atoms with Gasteiger partial charge in [-0.05, 0) is 61.9 Å². The molecular formula is C22H30N4O2S. The minimum absolute atomic E-state index is 0.00929. The van der Waals surface area contributed by atoms with Crippen LogP contribution in [0.4, 0.5) is 10.5 Å². The van der Waals surface area contributed by atoms with Gasteiger partial charge in [0.25, 0.3) is 0 Å². The molecule has 1 saturated carbocycles. The van der Waals surface area contributed by atoms with Crippen LogP contribution < -0.4 is 5.32 Å². The molecule has 1 aliphatic rings. The summed E-state index contributed by atoms with van der Waals surface area (Å²) in [4.78, 5) is 30.6. The van der Waals surface area contributed by atoms with E-state index in [2.05, 4.69) is 5.32 Å². The number of aromatic nitrogens is 1. The lowest BCUT2D eigenvalue weighted by molar-refractivity contribution is -0.133. The standard InChI is InChI=1S/C22H30N4O2S/c1-4-13-25(22(28)23-17-7-11-20(29-3)12-8-17)16-21(27)26(18-9-10-18)15-19-6-5-14-24(19)2/h5-8,11-12,14,18H,4,9-10,13,15-16H2,1-3H3,(H,23,28). The summed E-state index contributed by atoms with van der Waals surface area (Å²) < 4.78 is 2.04. The molecule has 0 bridgehead atoms. The summed E-state index contributed by atoms with van der Waals surface area (Å²) in [6, 6.07) is 11.8. The van der Waals surface area contributed by atoms with Gasteiger partial charge in [-0.25, -0.2) is 4.79 Å². The van der Waals surface area contributed by atoms with E-state index in [1.807, 2.05) is 72.3 Å². The number of benzene rings is 1. The Morgan fingerprint density at radius 3 is 2.48 bits per heavy atom. The van der Waals surface area contributed by atoms with Gasteiger partial charge in [-0.2, -0.15) is 0 Å². The van der Waals surface area contributed by atoms with E-state index in [0.29, 0.717) is 19.1 Å². The molecule has 1 aromatic carbocycles. The Morgan fingerprint density at radius 2 is 1.93 bits per heavy atom. The quantitative estimate of drug-likeness (QED) is 0.626. The van der Waals surface area contributed by atoms with Crippen molar-refractivity contribution in [3.63, 3.8) is 0 Å². The van der Waals surface area contributed by atoms with Gasteiger partial charge in [0, 0.05) is 42.1 Å². The maximum atomic E-state index is 13.1. The van der Waals surface area contributed by atoms with Crippen molar-refractivity contribution in [2.24, 2.45) is 7.05 Å². The van der Waals surface area contributed by atoms with E-state index in [0.717, 1.165) is 35.5 Å². The molecule has 0 radical (unpaired) electrons. The predicted molar refractivity (Wildman–Crippen MR) is 118 cm³/mol. The molecule has 7 heteroatoms. The van der Waals surface area contributed by atoms with Gasteiger partial charge in [0.15, 0.2) is 0 Å². The first-order chi connectivity index (χ1) is 14.0. The van der Waals surface area contributed by atoms with Crippen molar-refractivity contribution in [1.29, 1.82) is 0 Å². The van der Waals surface area contributed by atoms with Gasteiger partial charge in [-0.3, -0.25) is 4.79 Å². The zero-order valence-electron chi connectivity index (χ0n) is 17.4. The highest BCUT2D eigenvalue weighted by molar-refractivity contribution is 7.98. The largest absolute Gasteiger partial charge is 0.353 e. The number of aryl methyl sites for hydroxylation is 1. The van der Waals surface area contributed by atoms with Crippen LogP contribution in [0.2, 0.25) is 0 Å². The Balaban J connectivity index is 1.64. The number of carbonyl (C=O) groups excluding carboxylic acids is 2. The van der Waals surface area contributed by atoms with Crippen LogP contribution in [-0.4, -0.2) is 51.7 Å². The first kappa shape index (κ1) is 21.3. The van der Waals surface area contributed by atoms with Crippen LogP contribution in [0.5, 0.6) is 0 Å². The summed E-state index contributed by atoms with van der Waals surface area (Å²) in [5.41, 5.74) is 1.84. The molecule has 1 aromatic heterocycles. The normalized spacial score (nSPS) is 13.2. The molecule has 0 spiro atoms. The van der Waals surface area contributed by atoms with Crippen molar-refractivity contribution in [3.05, 3.63) is 48.3 Å². The zero-order chi connectivity index (χ0) is 20.8. The van der Waals surface area contributed by atoms with E-state index in [9.17, 15) is 9.59 Å². The van der Waals surface area contributed by atoms with Crippen LogP contribution in [0.25, 0.3) is 0 Å². The van der Waals surface area contributed by atoms with E-state index in [4.69, 9.17) is 0 Å². The number of carbonyl (C=O) groups is 2. The third-order valence-electron chi connectivity index (χ3n) is 5.14. The monoisotopic (exact) mass is 414 g/mol. The summed E-state index contributed by atoms with van der Waals surface area (Å²) in [7, 11) is 1.99. The van der Waals surface area contributed by atoms with Crippen LogP contribution in [0, 0.1) is 0 Å². The Bertz CT molecular complexity index is 830. The van der Waals surface area contributed by atoms with Gasteiger partial charge in [0.2, 0.25) is 5.91 Å². The number of hydrogen-bond donors (Lipinski definition) is 1. The van der Waals surface area contributed by atoms with Crippen LogP contribution in [0.15, 0.2) is 47.5 Å².